The first kappa shape index (κ1) is 14.8. The molecule has 0 heterocycles. The van der Waals surface area contributed by atoms with E-state index in [1.165, 1.54) is 25.7 Å². The fourth-order valence-electron chi connectivity index (χ4n) is 3.30. The second-order valence-electron chi connectivity index (χ2n) is 7.00. The number of hydrogen-bond acceptors (Lipinski definition) is 3. The summed E-state index contributed by atoms with van der Waals surface area (Å²) in [5.41, 5.74) is 0. The lowest BCUT2D eigenvalue weighted by molar-refractivity contribution is -0.157. The smallest absolute Gasteiger partial charge is 0.320 e. The first-order valence-electron chi connectivity index (χ1n) is 7.87. The van der Waals surface area contributed by atoms with Crippen molar-refractivity contribution in [1.29, 1.82) is 0 Å². The average Bonchev–Trinajstić information content (AvgIpc) is 3.11. The van der Waals surface area contributed by atoms with Crippen molar-refractivity contribution in [2.75, 3.05) is 13.6 Å². The normalized spacial score (nSPS) is 31.8. The van der Waals surface area contributed by atoms with Crippen LogP contribution in [0.3, 0.4) is 0 Å². The highest BCUT2D eigenvalue weighted by atomic mass is 16.5. The third-order valence-corrected chi connectivity index (χ3v) is 4.79. The first-order chi connectivity index (χ1) is 8.97. The highest BCUT2D eigenvalue weighted by Gasteiger charge is 2.34. The van der Waals surface area contributed by atoms with Crippen LogP contribution in [0.15, 0.2) is 0 Å². The van der Waals surface area contributed by atoms with Crippen molar-refractivity contribution < 1.29 is 9.53 Å². The van der Waals surface area contributed by atoms with Gasteiger partial charge in [-0.3, -0.25) is 9.69 Å². The quantitative estimate of drug-likeness (QED) is 0.717. The van der Waals surface area contributed by atoms with Gasteiger partial charge in [-0.15, -0.1) is 0 Å². The molecule has 3 nitrogen and oxygen atoms in total. The van der Waals surface area contributed by atoms with E-state index in [-0.39, 0.29) is 12.1 Å². The van der Waals surface area contributed by atoms with E-state index in [1.807, 2.05) is 7.05 Å². The van der Waals surface area contributed by atoms with Gasteiger partial charge in [-0.2, -0.15) is 0 Å². The molecule has 110 valence electrons. The van der Waals surface area contributed by atoms with Crippen molar-refractivity contribution in [2.45, 2.75) is 65.0 Å². The van der Waals surface area contributed by atoms with Gasteiger partial charge in [0, 0.05) is 6.04 Å². The van der Waals surface area contributed by atoms with Crippen molar-refractivity contribution in [3.05, 3.63) is 0 Å². The van der Waals surface area contributed by atoms with Gasteiger partial charge < -0.3 is 4.74 Å². The molecule has 2 aliphatic rings. The van der Waals surface area contributed by atoms with E-state index in [0.29, 0.717) is 30.3 Å². The number of likely N-dealkylation sites (N-methyl/N-ethyl adjacent to an activating group) is 1. The molecule has 0 N–H and O–H groups in total. The highest BCUT2D eigenvalue weighted by Crippen LogP contribution is 2.35. The summed E-state index contributed by atoms with van der Waals surface area (Å²) >= 11 is 0. The van der Waals surface area contributed by atoms with Crippen molar-refractivity contribution >= 4 is 5.97 Å². The lowest BCUT2D eigenvalue weighted by atomic mass is 9.75. The molecule has 0 amide bonds. The van der Waals surface area contributed by atoms with E-state index in [4.69, 9.17) is 4.74 Å². The van der Waals surface area contributed by atoms with Gasteiger partial charge in [0.25, 0.3) is 0 Å². The molecule has 0 radical (unpaired) electrons. The molecule has 0 aromatic rings. The Kier molecular flexibility index (Phi) is 4.88. The third-order valence-electron chi connectivity index (χ3n) is 4.79. The topological polar surface area (TPSA) is 29.5 Å². The average molecular weight is 267 g/mol. The second-order valence-corrected chi connectivity index (χ2v) is 7.00. The predicted molar refractivity (Wildman–Crippen MR) is 76.9 cm³/mol. The Morgan fingerprint density at radius 1 is 1.26 bits per heavy atom. The van der Waals surface area contributed by atoms with Crippen molar-refractivity contribution in [3.63, 3.8) is 0 Å². The van der Waals surface area contributed by atoms with Gasteiger partial charge in [0.05, 0.1) is 6.54 Å². The molecule has 2 saturated carbocycles. The van der Waals surface area contributed by atoms with Crippen LogP contribution < -0.4 is 0 Å². The minimum absolute atomic E-state index is 0.0286. The van der Waals surface area contributed by atoms with Gasteiger partial charge in [-0.05, 0) is 50.5 Å². The van der Waals surface area contributed by atoms with Gasteiger partial charge in [0.15, 0.2) is 0 Å². The predicted octanol–water partition coefficient (Wildman–Crippen LogP) is 3.08. The number of nitrogens with zero attached hydrogens (tertiary/aromatic N) is 1. The standard InChI is InChI=1S/C16H29NO2/c1-11(2)14-8-5-12(3)9-15(14)19-16(18)10-17(4)13-6-7-13/h11-15H,5-10H2,1-4H3/t12-,14-,15-/m1/s1. The lowest BCUT2D eigenvalue weighted by Crippen LogP contribution is -2.38. The van der Waals surface area contributed by atoms with Crippen LogP contribution in [0.1, 0.15) is 52.9 Å². The van der Waals surface area contributed by atoms with Crippen LogP contribution in [0, 0.1) is 17.8 Å². The summed E-state index contributed by atoms with van der Waals surface area (Å²) in [5, 5.41) is 0. The molecule has 2 fully saturated rings. The van der Waals surface area contributed by atoms with E-state index in [2.05, 4.69) is 25.7 Å². The summed E-state index contributed by atoms with van der Waals surface area (Å²) in [6, 6.07) is 0.624. The van der Waals surface area contributed by atoms with Crippen molar-refractivity contribution in [1.82, 2.24) is 4.90 Å². The van der Waals surface area contributed by atoms with Crippen LogP contribution in [0.2, 0.25) is 0 Å². The van der Waals surface area contributed by atoms with Crippen molar-refractivity contribution in [3.8, 4) is 0 Å². The summed E-state index contributed by atoms with van der Waals surface area (Å²) in [7, 11) is 2.03. The van der Waals surface area contributed by atoms with Crippen LogP contribution in [-0.4, -0.2) is 36.6 Å². The van der Waals surface area contributed by atoms with Crippen LogP contribution >= 0.6 is 0 Å². The van der Waals surface area contributed by atoms with E-state index in [0.717, 1.165) is 6.42 Å². The maximum atomic E-state index is 12.1. The molecule has 0 unspecified atom stereocenters. The third kappa shape index (κ3) is 4.20. The Morgan fingerprint density at radius 2 is 1.95 bits per heavy atom. The van der Waals surface area contributed by atoms with Crippen LogP contribution in [0.5, 0.6) is 0 Å². The number of hydrogen-bond donors (Lipinski definition) is 0. The van der Waals surface area contributed by atoms with E-state index in [9.17, 15) is 4.79 Å². The number of rotatable bonds is 5. The number of esters is 1. The van der Waals surface area contributed by atoms with Gasteiger partial charge in [0.2, 0.25) is 0 Å². The molecule has 0 spiro atoms. The Hall–Kier alpha value is -0.570. The zero-order chi connectivity index (χ0) is 14.0. The van der Waals surface area contributed by atoms with Gasteiger partial charge in [0.1, 0.15) is 6.10 Å². The molecule has 0 aliphatic heterocycles. The second kappa shape index (κ2) is 6.25. The zero-order valence-electron chi connectivity index (χ0n) is 12.9. The Balaban J connectivity index is 1.84. The molecule has 0 bridgehead atoms. The molecule has 3 atom stereocenters. The van der Waals surface area contributed by atoms with Crippen molar-refractivity contribution in [2.24, 2.45) is 17.8 Å². The molecule has 3 heteroatoms. The largest absolute Gasteiger partial charge is 0.461 e. The lowest BCUT2D eigenvalue weighted by Gasteiger charge is -2.37. The molecule has 2 rings (SSSR count). The minimum Gasteiger partial charge on any atom is -0.461 e. The number of carbonyl (C=O) groups is 1. The van der Waals surface area contributed by atoms with Crippen LogP contribution in [-0.2, 0) is 9.53 Å². The molecular weight excluding hydrogens is 238 g/mol. The summed E-state index contributed by atoms with van der Waals surface area (Å²) < 4.78 is 5.80. The van der Waals surface area contributed by atoms with E-state index >= 15 is 0 Å². The Morgan fingerprint density at radius 3 is 2.53 bits per heavy atom. The van der Waals surface area contributed by atoms with Gasteiger partial charge in [-0.25, -0.2) is 0 Å². The molecule has 2 aliphatic carbocycles. The van der Waals surface area contributed by atoms with E-state index in [1.54, 1.807) is 0 Å². The summed E-state index contributed by atoms with van der Waals surface area (Å²) in [6.45, 7) is 7.23. The molecule has 0 aromatic heterocycles. The maximum absolute atomic E-state index is 12.1. The zero-order valence-corrected chi connectivity index (χ0v) is 12.9. The molecule has 0 aromatic carbocycles. The fourth-order valence-corrected chi connectivity index (χ4v) is 3.30. The van der Waals surface area contributed by atoms with Gasteiger partial charge >= 0.3 is 5.97 Å². The SMILES string of the molecule is CC(C)[C@H]1CC[C@@H](C)C[C@H]1OC(=O)CN(C)C1CC1. The fraction of sp³-hybridized carbons (Fsp3) is 0.938. The van der Waals surface area contributed by atoms with Crippen LogP contribution in [0.25, 0.3) is 0 Å². The van der Waals surface area contributed by atoms with Crippen LogP contribution in [0.4, 0.5) is 0 Å². The Bertz CT molecular complexity index is 312. The summed E-state index contributed by atoms with van der Waals surface area (Å²) in [5.74, 6) is 1.81. The molecule has 0 saturated heterocycles. The highest BCUT2D eigenvalue weighted by molar-refractivity contribution is 5.72. The first-order valence-corrected chi connectivity index (χ1v) is 7.87. The van der Waals surface area contributed by atoms with E-state index < -0.39 is 0 Å². The summed E-state index contributed by atoms with van der Waals surface area (Å²) in [4.78, 5) is 14.2. The monoisotopic (exact) mass is 267 g/mol. The number of carbonyl (C=O) groups excluding carboxylic acids is 1. The van der Waals surface area contributed by atoms with Gasteiger partial charge in [-0.1, -0.05) is 27.2 Å². The summed E-state index contributed by atoms with van der Waals surface area (Å²) in [6.07, 6.45) is 6.14. The maximum Gasteiger partial charge on any atom is 0.320 e. The molecular formula is C16H29NO2. The Labute approximate surface area is 117 Å². The number of ether oxygens (including phenoxy) is 1. The molecule has 19 heavy (non-hydrogen) atoms. The minimum atomic E-state index is -0.0286.